The highest BCUT2D eigenvalue weighted by Gasteiger charge is 2.36. The van der Waals surface area contributed by atoms with Crippen molar-refractivity contribution < 1.29 is 22.7 Å². The van der Waals surface area contributed by atoms with Crippen molar-refractivity contribution in [1.82, 2.24) is 5.32 Å². The van der Waals surface area contributed by atoms with Gasteiger partial charge in [0.05, 0.1) is 23.7 Å². The molecule has 0 bridgehead atoms. The van der Waals surface area contributed by atoms with Crippen molar-refractivity contribution in [2.45, 2.75) is 43.7 Å². The minimum atomic E-state index is -3.97. The number of sulfonamides is 1. The number of para-hydroxylation sites is 1. The van der Waals surface area contributed by atoms with Gasteiger partial charge in [-0.05, 0) is 57.2 Å². The maximum Gasteiger partial charge on any atom is 0.264 e. The molecule has 0 aromatic heterocycles. The molecule has 0 aliphatic carbocycles. The number of methoxy groups -OCH3 is 1. The first-order valence-corrected chi connectivity index (χ1v) is 12.8. The number of carbonyl (C=O) groups excluding carboxylic acids is 1. The molecule has 0 saturated heterocycles. The van der Waals surface area contributed by atoms with Crippen molar-refractivity contribution in [3.63, 3.8) is 0 Å². The number of carbonyl (C=O) groups is 1. The first kappa shape index (κ1) is 24.6. The predicted octanol–water partition coefficient (Wildman–Crippen LogP) is 4.62. The molecule has 1 heterocycles. The van der Waals surface area contributed by atoms with Crippen molar-refractivity contribution in [2.24, 2.45) is 0 Å². The van der Waals surface area contributed by atoms with Crippen LogP contribution in [0.4, 0.5) is 5.69 Å². The summed E-state index contributed by atoms with van der Waals surface area (Å²) in [6.45, 7) is 5.44. The molecule has 0 saturated carbocycles. The molecule has 1 unspecified atom stereocenters. The largest absolute Gasteiger partial charge is 0.497 e. The number of hydrogen-bond donors (Lipinski definition) is 1. The average molecular weight is 495 g/mol. The number of ether oxygens (including phenoxy) is 2. The molecule has 4 rings (SSSR count). The SMILES string of the molecule is COc1ccc2c(c1)OC(C)(C)CC2NC(=O)CN(c1ccccc1)S(=O)(=O)c1ccc(C)cc1. The van der Waals surface area contributed by atoms with Gasteiger partial charge in [-0.15, -0.1) is 0 Å². The summed E-state index contributed by atoms with van der Waals surface area (Å²) in [5, 5.41) is 3.04. The van der Waals surface area contributed by atoms with Gasteiger partial charge in [0.1, 0.15) is 23.6 Å². The van der Waals surface area contributed by atoms with Gasteiger partial charge in [-0.3, -0.25) is 9.10 Å². The van der Waals surface area contributed by atoms with Gasteiger partial charge >= 0.3 is 0 Å². The Balaban J connectivity index is 1.63. The Kier molecular flexibility index (Phi) is 6.76. The Bertz CT molecular complexity index is 1310. The van der Waals surface area contributed by atoms with E-state index in [0.717, 1.165) is 15.4 Å². The Morgan fingerprint density at radius 3 is 2.43 bits per heavy atom. The lowest BCUT2D eigenvalue weighted by molar-refractivity contribution is -0.120. The fourth-order valence-electron chi connectivity index (χ4n) is 4.20. The summed E-state index contributed by atoms with van der Waals surface area (Å²) in [5.74, 6) is 0.887. The molecule has 1 amide bonds. The molecule has 7 nitrogen and oxygen atoms in total. The van der Waals surface area contributed by atoms with Crippen LogP contribution >= 0.6 is 0 Å². The number of nitrogens with zero attached hydrogens (tertiary/aromatic N) is 1. The van der Waals surface area contributed by atoms with Crippen LogP contribution in [-0.4, -0.2) is 33.6 Å². The molecule has 184 valence electrons. The van der Waals surface area contributed by atoms with Gasteiger partial charge in [0.25, 0.3) is 10.0 Å². The van der Waals surface area contributed by atoms with Crippen LogP contribution in [0.3, 0.4) is 0 Å². The van der Waals surface area contributed by atoms with Crippen LogP contribution < -0.4 is 19.1 Å². The van der Waals surface area contributed by atoms with Gasteiger partial charge in [0, 0.05) is 18.1 Å². The Morgan fingerprint density at radius 2 is 1.77 bits per heavy atom. The van der Waals surface area contributed by atoms with Gasteiger partial charge in [-0.2, -0.15) is 0 Å². The molecule has 1 aliphatic rings. The van der Waals surface area contributed by atoms with Crippen molar-refractivity contribution in [1.29, 1.82) is 0 Å². The summed E-state index contributed by atoms with van der Waals surface area (Å²) >= 11 is 0. The summed E-state index contributed by atoms with van der Waals surface area (Å²) in [7, 11) is -2.38. The van der Waals surface area contributed by atoms with Crippen LogP contribution in [0.5, 0.6) is 11.5 Å². The summed E-state index contributed by atoms with van der Waals surface area (Å²) in [4.78, 5) is 13.4. The smallest absolute Gasteiger partial charge is 0.264 e. The monoisotopic (exact) mass is 494 g/mol. The van der Waals surface area contributed by atoms with E-state index in [0.29, 0.717) is 23.6 Å². The molecule has 0 spiro atoms. The van der Waals surface area contributed by atoms with E-state index in [9.17, 15) is 13.2 Å². The van der Waals surface area contributed by atoms with Crippen LogP contribution in [0, 0.1) is 6.92 Å². The van der Waals surface area contributed by atoms with Crippen molar-refractivity contribution >= 4 is 21.6 Å². The topological polar surface area (TPSA) is 84.9 Å². The van der Waals surface area contributed by atoms with E-state index >= 15 is 0 Å². The van der Waals surface area contributed by atoms with E-state index < -0.39 is 21.5 Å². The number of anilines is 1. The Hall–Kier alpha value is -3.52. The van der Waals surface area contributed by atoms with Crippen LogP contribution in [0.15, 0.2) is 77.7 Å². The van der Waals surface area contributed by atoms with Gasteiger partial charge in [0.2, 0.25) is 5.91 Å². The molecule has 0 radical (unpaired) electrons. The number of aryl methyl sites for hydroxylation is 1. The third kappa shape index (κ3) is 5.43. The predicted molar refractivity (Wildman–Crippen MR) is 135 cm³/mol. The van der Waals surface area contributed by atoms with Crippen LogP contribution in [0.25, 0.3) is 0 Å². The molecule has 3 aromatic carbocycles. The molecule has 35 heavy (non-hydrogen) atoms. The first-order valence-electron chi connectivity index (χ1n) is 11.4. The highest BCUT2D eigenvalue weighted by atomic mass is 32.2. The quantitative estimate of drug-likeness (QED) is 0.518. The van der Waals surface area contributed by atoms with Crippen LogP contribution in [0.2, 0.25) is 0 Å². The zero-order chi connectivity index (χ0) is 25.2. The van der Waals surface area contributed by atoms with Gasteiger partial charge in [-0.25, -0.2) is 8.42 Å². The zero-order valence-corrected chi connectivity index (χ0v) is 21.1. The normalized spacial score (nSPS) is 16.5. The van der Waals surface area contributed by atoms with Gasteiger partial charge < -0.3 is 14.8 Å². The van der Waals surface area contributed by atoms with E-state index in [1.54, 1.807) is 67.8 Å². The highest BCUT2D eigenvalue weighted by molar-refractivity contribution is 7.92. The lowest BCUT2D eigenvalue weighted by Crippen LogP contribution is -2.45. The van der Waals surface area contributed by atoms with Crippen molar-refractivity contribution in [3.8, 4) is 11.5 Å². The van der Waals surface area contributed by atoms with Crippen LogP contribution in [0.1, 0.15) is 37.4 Å². The molecule has 1 atom stereocenters. The number of hydrogen-bond acceptors (Lipinski definition) is 5. The Morgan fingerprint density at radius 1 is 1.09 bits per heavy atom. The molecular formula is C27H30N2O5S. The summed E-state index contributed by atoms with van der Waals surface area (Å²) < 4.78 is 39.7. The van der Waals surface area contributed by atoms with Crippen molar-refractivity contribution in [3.05, 3.63) is 83.9 Å². The zero-order valence-electron chi connectivity index (χ0n) is 20.3. The number of rotatable bonds is 7. The molecule has 1 N–H and O–H groups in total. The van der Waals surface area contributed by atoms with Crippen LogP contribution in [-0.2, 0) is 14.8 Å². The summed E-state index contributed by atoms with van der Waals surface area (Å²) in [5.41, 5.74) is 1.67. The first-order chi connectivity index (χ1) is 16.6. The van der Waals surface area contributed by atoms with E-state index in [1.807, 2.05) is 32.9 Å². The molecule has 0 fully saturated rings. The second-order valence-electron chi connectivity index (χ2n) is 9.25. The highest BCUT2D eigenvalue weighted by Crippen LogP contribution is 2.41. The fraction of sp³-hybridized carbons (Fsp3) is 0.296. The Labute approximate surface area is 206 Å². The minimum Gasteiger partial charge on any atom is -0.497 e. The third-order valence-corrected chi connectivity index (χ3v) is 7.74. The van der Waals surface area contributed by atoms with E-state index in [-0.39, 0.29) is 17.5 Å². The van der Waals surface area contributed by atoms with Crippen molar-refractivity contribution in [2.75, 3.05) is 18.0 Å². The maximum atomic E-state index is 13.6. The molecule has 3 aromatic rings. The van der Waals surface area contributed by atoms with Gasteiger partial charge in [-0.1, -0.05) is 35.9 Å². The average Bonchev–Trinajstić information content (AvgIpc) is 2.82. The second-order valence-corrected chi connectivity index (χ2v) is 11.1. The lowest BCUT2D eigenvalue weighted by Gasteiger charge is -2.38. The summed E-state index contributed by atoms with van der Waals surface area (Å²) in [6, 6.07) is 20.4. The van der Waals surface area contributed by atoms with Gasteiger partial charge in [0.15, 0.2) is 0 Å². The number of nitrogens with one attached hydrogen (secondary N) is 1. The summed E-state index contributed by atoms with van der Waals surface area (Å²) in [6.07, 6.45) is 0.536. The number of fused-ring (bicyclic) bond motifs is 1. The molecule has 8 heteroatoms. The molecule has 1 aliphatic heterocycles. The van der Waals surface area contributed by atoms with E-state index in [4.69, 9.17) is 9.47 Å². The third-order valence-electron chi connectivity index (χ3n) is 5.95. The number of benzene rings is 3. The molecular weight excluding hydrogens is 464 g/mol. The number of amides is 1. The fourth-order valence-corrected chi connectivity index (χ4v) is 5.63. The van der Waals surface area contributed by atoms with E-state index in [2.05, 4.69) is 5.32 Å². The lowest BCUT2D eigenvalue weighted by atomic mass is 9.89. The maximum absolute atomic E-state index is 13.6. The second kappa shape index (κ2) is 9.62. The van der Waals surface area contributed by atoms with E-state index in [1.165, 1.54) is 0 Å². The minimum absolute atomic E-state index is 0.129. The standard InChI is InChI=1S/C27H30N2O5S/c1-19-10-13-22(14-11-19)35(31,32)29(20-8-6-5-7-9-20)18-26(30)28-24-17-27(2,3)34-25-16-21(33-4)12-15-23(24)25/h5-16,24H,17-18H2,1-4H3,(H,28,30).